The van der Waals surface area contributed by atoms with Crippen LogP contribution in [0.3, 0.4) is 0 Å². The first-order chi connectivity index (χ1) is 16.9. The van der Waals surface area contributed by atoms with E-state index in [-0.39, 0.29) is 11.3 Å². The maximum absolute atomic E-state index is 13.4. The van der Waals surface area contributed by atoms with Crippen molar-refractivity contribution in [3.8, 4) is 17.2 Å². The van der Waals surface area contributed by atoms with E-state index in [0.29, 0.717) is 34.1 Å². The Morgan fingerprint density at radius 2 is 1.60 bits per heavy atom. The minimum absolute atomic E-state index is 0.00212. The summed E-state index contributed by atoms with van der Waals surface area (Å²) in [7, 11) is 4.54. The van der Waals surface area contributed by atoms with Crippen molar-refractivity contribution in [1.82, 2.24) is 0 Å². The molecule has 3 aromatic rings. The van der Waals surface area contributed by atoms with Gasteiger partial charge in [-0.1, -0.05) is 43.3 Å². The third kappa shape index (κ3) is 4.33. The van der Waals surface area contributed by atoms with Gasteiger partial charge in [-0.3, -0.25) is 14.5 Å². The number of benzene rings is 3. The van der Waals surface area contributed by atoms with Gasteiger partial charge in [0.1, 0.15) is 11.5 Å². The number of carbonyl (C=O) groups is 2. The van der Waals surface area contributed by atoms with Crippen molar-refractivity contribution < 1.29 is 28.9 Å². The van der Waals surface area contributed by atoms with Crippen LogP contribution < -0.4 is 19.1 Å². The first kappa shape index (κ1) is 23.9. The molecular weight excluding hydrogens is 446 g/mol. The van der Waals surface area contributed by atoms with Gasteiger partial charge in [0.15, 0.2) is 11.5 Å². The van der Waals surface area contributed by atoms with Crippen molar-refractivity contribution in [1.29, 1.82) is 0 Å². The van der Waals surface area contributed by atoms with Gasteiger partial charge in [0.2, 0.25) is 0 Å². The van der Waals surface area contributed by atoms with Gasteiger partial charge < -0.3 is 19.3 Å². The van der Waals surface area contributed by atoms with E-state index in [1.165, 1.54) is 26.2 Å². The van der Waals surface area contributed by atoms with Crippen LogP contribution in [0.1, 0.15) is 29.7 Å². The summed E-state index contributed by atoms with van der Waals surface area (Å²) < 4.78 is 16.0. The molecule has 1 heterocycles. The van der Waals surface area contributed by atoms with E-state index in [1.807, 2.05) is 31.2 Å². The lowest BCUT2D eigenvalue weighted by Gasteiger charge is -2.26. The summed E-state index contributed by atoms with van der Waals surface area (Å²) in [6.45, 7) is 2.05. The quantitative estimate of drug-likeness (QED) is 0.298. The number of rotatable bonds is 7. The first-order valence-electron chi connectivity index (χ1n) is 11.2. The summed E-state index contributed by atoms with van der Waals surface area (Å²) in [6, 6.07) is 18.6. The van der Waals surface area contributed by atoms with Crippen molar-refractivity contribution in [2.45, 2.75) is 19.4 Å². The Balaban J connectivity index is 1.94. The maximum atomic E-state index is 13.4. The highest BCUT2D eigenvalue weighted by atomic mass is 16.5. The van der Waals surface area contributed by atoms with Crippen LogP contribution in [-0.4, -0.2) is 38.1 Å². The Bertz CT molecular complexity index is 1300. The molecule has 0 aliphatic carbocycles. The minimum Gasteiger partial charge on any atom is -0.507 e. The number of ether oxygens (including phenoxy) is 3. The second-order valence-corrected chi connectivity index (χ2v) is 8.04. The molecule has 7 nitrogen and oxygen atoms in total. The fraction of sp³-hybridized carbons (Fsp3) is 0.214. The summed E-state index contributed by atoms with van der Waals surface area (Å²) in [5.74, 6) is -0.356. The molecule has 3 aromatic carbocycles. The van der Waals surface area contributed by atoms with Crippen LogP contribution in [-0.2, 0) is 16.0 Å². The summed E-state index contributed by atoms with van der Waals surface area (Å²) in [5.41, 5.74) is 2.64. The molecule has 35 heavy (non-hydrogen) atoms. The minimum atomic E-state index is -0.842. The molecule has 1 atom stereocenters. The van der Waals surface area contributed by atoms with E-state index in [4.69, 9.17) is 14.2 Å². The van der Waals surface area contributed by atoms with Crippen LogP contribution in [0.15, 0.2) is 72.3 Å². The number of aliphatic hydroxyl groups excluding tert-OH is 1. The van der Waals surface area contributed by atoms with Crippen molar-refractivity contribution in [2.75, 3.05) is 26.2 Å². The number of carbonyl (C=O) groups excluding carboxylic acids is 2. The molecular formula is C28H27NO6. The molecule has 1 unspecified atom stereocenters. The fourth-order valence-corrected chi connectivity index (χ4v) is 4.25. The number of aliphatic hydroxyl groups is 1. The van der Waals surface area contributed by atoms with Gasteiger partial charge in [-0.05, 0) is 41.8 Å². The smallest absolute Gasteiger partial charge is 0.300 e. The van der Waals surface area contributed by atoms with Gasteiger partial charge in [0, 0.05) is 17.3 Å². The van der Waals surface area contributed by atoms with Crippen molar-refractivity contribution in [3.05, 3.63) is 89.0 Å². The number of ketones is 1. The number of methoxy groups -OCH3 is 3. The summed E-state index contributed by atoms with van der Waals surface area (Å²) in [5, 5.41) is 11.3. The average molecular weight is 474 g/mol. The third-order valence-electron chi connectivity index (χ3n) is 6.14. The number of nitrogens with zero attached hydrogens (tertiary/aromatic N) is 1. The fourth-order valence-electron chi connectivity index (χ4n) is 4.25. The molecule has 1 fully saturated rings. The van der Waals surface area contributed by atoms with Gasteiger partial charge in [-0.15, -0.1) is 0 Å². The summed E-state index contributed by atoms with van der Waals surface area (Å²) in [6.07, 6.45) is 0.847. The van der Waals surface area contributed by atoms with Crippen molar-refractivity contribution in [2.24, 2.45) is 0 Å². The Morgan fingerprint density at radius 1 is 0.886 bits per heavy atom. The van der Waals surface area contributed by atoms with E-state index in [1.54, 1.807) is 42.5 Å². The van der Waals surface area contributed by atoms with E-state index in [0.717, 1.165) is 12.0 Å². The second-order valence-electron chi connectivity index (χ2n) is 8.04. The Kier molecular flexibility index (Phi) is 6.78. The average Bonchev–Trinajstić information content (AvgIpc) is 3.17. The summed E-state index contributed by atoms with van der Waals surface area (Å²) >= 11 is 0. The SMILES string of the molecule is CCc1ccc(C2/C(=C(\O)c3cccc(OC)c3)C(=O)C(=O)N2c2ccc(OC)c(OC)c2)cc1. The molecule has 1 saturated heterocycles. The zero-order valence-corrected chi connectivity index (χ0v) is 20.1. The lowest BCUT2D eigenvalue weighted by Crippen LogP contribution is -2.29. The largest absolute Gasteiger partial charge is 0.507 e. The van der Waals surface area contributed by atoms with Crippen LogP contribution >= 0.6 is 0 Å². The number of anilines is 1. The van der Waals surface area contributed by atoms with Gasteiger partial charge in [0.25, 0.3) is 11.7 Å². The topological polar surface area (TPSA) is 85.3 Å². The molecule has 7 heteroatoms. The number of Topliss-reactive ketones (excluding diaryl/α,β-unsaturated/α-hetero) is 1. The normalized spacial score (nSPS) is 16.9. The van der Waals surface area contributed by atoms with Crippen molar-refractivity contribution in [3.63, 3.8) is 0 Å². The molecule has 0 bridgehead atoms. The van der Waals surface area contributed by atoms with Crippen molar-refractivity contribution >= 4 is 23.1 Å². The Morgan fingerprint density at radius 3 is 2.23 bits per heavy atom. The predicted molar refractivity (Wildman–Crippen MR) is 133 cm³/mol. The Hall–Kier alpha value is -4.26. The van der Waals surface area contributed by atoms with Gasteiger partial charge in [-0.25, -0.2) is 0 Å². The molecule has 0 radical (unpaired) electrons. The third-order valence-corrected chi connectivity index (χ3v) is 6.14. The van der Waals surface area contributed by atoms with Crippen LogP contribution in [0.25, 0.3) is 5.76 Å². The number of hydrogen-bond donors (Lipinski definition) is 1. The maximum Gasteiger partial charge on any atom is 0.300 e. The van der Waals surface area contributed by atoms with Gasteiger partial charge in [0.05, 0.1) is 32.9 Å². The van der Waals surface area contributed by atoms with E-state index >= 15 is 0 Å². The van der Waals surface area contributed by atoms with Crippen LogP contribution in [0, 0.1) is 0 Å². The van der Waals surface area contributed by atoms with E-state index in [2.05, 4.69) is 0 Å². The lowest BCUT2D eigenvalue weighted by molar-refractivity contribution is -0.132. The predicted octanol–water partition coefficient (Wildman–Crippen LogP) is 4.90. The number of hydrogen-bond acceptors (Lipinski definition) is 6. The van der Waals surface area contributed by atoms with Gasteiger partial charge in [-0.2, -0.15) is 0 Å². The molecule has 1 amide bonds. The highest BCUT2D eigenvalue weighted by molar-refractivity contribution is 6.51. The molecule has 0 aromatic heterocycles. The van der Waals surface area contributed by atoms with E-state index < -0.39 is 17.7 Å². The van der Waals surface area contributed by atoms with Crippen LogP contribution in [0.4, 0.5) is 5.69 Å². The standard InChI is InChI=1S/C28H27NO6/c1-5-17-9-11-18(12-10-17)25-24(26(30)19-7-6-8-21(15-19)33-2)27(31)28(32)29(25)20-13-14-22(34-3)23(16-20)35-4/h6-16,25,30H,5H2,1-4H3/b26-24+. The van der Waals surface area contributed by atoms with Crippen LogP contribution in [0.5, 0.6) is 17.2 Å². The molecule has 0 spiro atoms. The Labute approximate surface area is 204 Å². The summed E-state index contributed by atoms with van der Waals surface area (Å²) in [4.78, 5) is 28.1. The van der Waals surface area contributed by atoms with E-state index in [9.17, 15) is 14.7 Å². The molecule has 0 saturated carbocycles. The number of aryl methyl sites for hydroxylation is 1. The lowest BCUT2D eigenvalue weighted by atomic mass is 9.94. The highest BCUT2D eigenvalue weighted by Gasteiger charge is 2.47. The molecule has 1 aliphatic heterocycles. The first-order valence-corrected chi connectivity index (χ1v) is 11.2. The highest BCUT2D eigenvalue weighted by Crippen LogP contribution is 2.44. The van der Waals surface area contributed by atoms with Gasteiger partial charge >= 0.3 is 0 Å². The zero-order valence-electron chi connectivity index (χ0n) is 20.1. The number of amides is 1. The second kappa shape index (κ2) is 9.93. The molecule has 4 rings (SSSR count). The monoisotopic (exact) mass is 473 g/mol. The molecule has 180 valence electrons. The zero-order chi connectivity index (χ0) is 25.1. The van der Waals surface area contributed by atoms with Crippen LogP contribution in [0.2, 0.25) is 0 Å². The molecule has 1 N–H and O–H groups in total. The molecule has 1 aliphatic rings.